The number of amides is 2. The van der Waals surface area contributed by atoms with Crippen LogP contribution in [0.15, 0.2) is 47.4 Å². The topological polar surface area (TPSA) is 67.9 Å². The molecule has 0 saturated heterocycles. The molecular formula is C20H22N2O4S. The molecule has 0 unspecified atom stereocenters. The summed E-state index contributed by atoms with van der Waals surface area (Å²) in [6, 6.07) is 12.8. The molecule has 0 spiro atoms. The number of hydrogen-bond donors (Lipinski definition) is 1. The second-order valence-corrected chi connectivity index (χ2v) is 7.15. The zero-order chi connectivity index (χ0) is 19.4. The summed E-state index contributed by atoms with van der Waals surface area (Å²) in [4.78, 5) is 27.5. The minimum absolute atomic E-state index is 0.0208. The molecular weight excluding hydrogens is 364 g/mol. The predicted octanol–water partition coefficient (Wildman–Crippen LogP) is 3.02. The molecule has 142 valence electrons. The van der Waals surface area contributed by atoms with Crippen LogP contribution in [0.4, 0.5) is 5.69 Å². The highest BCUT2D eigenvalue weighted by Crippen LogP contribution is 2.35. The van der Waals surface area contributed by atoms with Crippen molar-refractivity contribution in [1.82, 2.24) is 5.32 Å². The van der Waals surface area contributed by atoms with Gasteiger partial charge in [-0.1, -0.05) is 12.1 Å². The number of nitrogens with one attached hydrogen (secondary N) is 1. The summed E-state index contributed by atoms with van der Waals surface area (Å²) in [5, 5.41) is 2.95. The van der Waals surface area contributed by atoms with Gasteiger partial charge in [0, 0.05) is 10.5 Å². The number of benzene rings is 2. The second-order valence-electron chi connectivity index (χ2n) is 6.13. The number of para-hydroxylation sites is 1. The first-order valence-corrected chi connectivity index (χ1v) is 9.55. The van der Waals surface area contributed by atoms with Gasteiger partial charge in [0.2, 0.25) is 11.8 Å². The molecule has 0 bridgehead atoms. The van der Waals surface area contributed by atoms with Gasteiger partial charge in [0.1, 0.15) is 18.0 Å². The maximum absolute atomic E-state index is 12.6. The molecule has 1 aliphatic heterocycles. The molecule has 2 aromatic carbocycles. The van der Waals surface area contributed by atoms with E-state index < -0.39 is 0 Å². The first-order chi connectivity index (χ1) is 13.0. The van der Waals surface area contributed by atoms with Gasteiger partial charge >= 0.3 is 0 Å². The lowest BCUT2D eigenvalue weighted by Crippen LogP contribution is -2.43. The van der Waals surface area contributed by atoms with E-state index in [0.717, 1.165) is 16.1 Å². The Labute approximate surface area is 162 Å². The molecule has 7 heteroatoms. The summed E-state index contributed by atoms with van der Waals surface area (Å²) in [6.07, 6.45) is 0. The number of thioether (sulfide) groups is 1. The number of nitrogens with zero attached hydrogens (tertiary/aromatic N) is 1. The van der Waals surface area contributed by atoms with Gasteiger partial charge < -0.3 is 19.7 Å². The monoisotopic (exact) mass is 386 g/mol. The lowest BCUT2D eigenvalue weighted by Gasteiger charge is -2.29. The van der Waals surface area contributed by atoms with Crippen molar-refractivity contribution < 1.29 is 19.1 Å². The minimum atomic E-state index is -0.299. The lowest BCUT2D eigenvalue weighted by atomic mass is 10.1. The molecule has 1 atom stereocenters. The SMILES string of the molecule is COc1ccc(OC)c([C@@H](C)NC(=O)CN2C(=O)CSc3ccccc32)c1. The van der Waals surface area contributed by atoms with Crippen molar-refractivity contribution in [3.63, 3.8) is 0 Å². The zero-order valence-corrected chi connectivity index (χ0v) is 16.3. The first-order valence-electron chi connectivity index (χ1n) is 8.57. The van der Waals surface area contributed by atoms with E-state index in [2.05, 4.69) is 5.32 Å². The number of hydrogen-bond acceptors (Lipinski definition) is 5. The third-order valence-electron chi connectivity index (χ3n) is 4.39. The van der Waals surface area contributed by atoms with E-state index >= 15 is 0 Å². The number of carbonyl (C=O) groups is 2. The van der Waals surface area contributed by atoms with Crippen molar-refractivity contribution >= 4 is 29.3 Å². The molecule has 2 amide bonds. The van der Waals surface area contributed by atoms with Gasteiger partial charge in [0.25, 0.3) is 0 Å². The van der Waals surface area contributed by atoms with Gasteiger partial charge in [-0.25, -0.2) is 0 Å². The molecule has 1 heterocycles. The number of rotatable bonds is 6. The van der Waals surface area contributed by atoms with Crippen LogP contribution in [0.3, 0.4) is 0 Å². The van der Waals surface area contributed by atoms with Crippen LogP contribution >= 0.6 is 11.8 Å². The molecule has 2 aromatic rings. The number of methoxy groups -OCH3 is 2. The number of carbonyl (C=O) groups excluding carboxylic acids is 2. The van der Waals surface area contributed by atoms with Gasteiger partial charge in [0.05, 0.1) is 31.7 Å². The van der Waals surface area contributed by atoms with Crippen LogP contribution in [0.2, 0.25) is 0 Å². The van der Waals surface area contributed by atoms with Crippen LogP contribution < -0.4 is 19.7 Å². The Bertz CT molecular complexity index is 856. The maximum Gasteiger partial charge on any atom is 0.240 e. The molecule has 0 saturated carbocycles. The fourth-order valence-electron chi connectivity index (χ4n) is 3.01. The zero-order valence-electron chi connectivity index (χ0n) is 15.5. The minimum Gasteiger partial charge on any atom is -0.497 e. The Morgan fingerprint density at radius 3 is 2.74 bits per heavy atom. The van der Waals surface area contributed by atoms with Gasteiger partial charge in [-0.2, -0.15) is 0 Å². The molecule has 0 radical (unpaired) electrons. The highest BCUT2D eigenvalue weighted by molar-refractivity contribution is 8.00. The summed E-state index contributed by atoms with van der Waals surface area (Å²) in [7, 11) is 3.17. The fourth-order valence-corrected chi connectivity index (χ4v) is 3.95. The van der Waals surface area contributed by atoms with Gasteiger partial charge in [-0.15, -0.1) is 11.8 Å². The van der Waals surface area contributed by atoms with E-state index in [1.807, 2.05) is 37.3 Å². The summed E-state index contributed by atoms with van der Waals surface area (Å²) in [5.41, 5.74) is 1.59. The first kappa shape index (κ1) is 19.1. The second kappa shape index (κ2) is 8.35. The molecule has 0 aromatic heterocycles. The van der Waals surface area contributed by atoms with Crippen molar-refractivity contribution in [2.24, 2.45) is 0 Å². The molecule has 3 rings (SSSR count). The quantitative estimate of drug-likeness (QED) is 0.827. The predicted molar refractivity (Wildman–Crippen MR) is 106 cm³/mol. The van der Waals surface area contributed by atoms with E-state index in [9.17, 15) is 9.59 Å². The van der Waals surface area contributed by atoms with Crippen LogP contribution in [0.5, 0.6) is 11.5 Å². The van der Waals surface area contributed by atoms with E-state index in [0.29, 0.717) is 17.3 Å². The number of fused-ring (bicyclic) bond motifs is 1. The van der Waals surface area contributed by atoms with Gasteiger partial charge in [-0.05, 0) is 37.3 Å². The normalized spacial score (nSPS) is 14.3. The highest BCUT2D eigenvalue weighted by atomic mass is 32.2. The summed E-state index contributed by atoms with van der Waals surface area (Å²) >= 11 is 1.49. The van der Waals surface area contributed by atoms with Crippen LogP contribution in [0.25, 0.3) is 0 Å². The summed E-state index contributed by atoms with van der Waals surface area (Å²) in [6.45, 7) is 1.85. The fraction of sp³-hybridized carbons (Fsp3) is 0.300. The van der Waals surface area contributed by atoms with Crippen molar-refractivity contribution in [2.45, 2.75) is 17.9 Å². The van der Waals surface area contributed by atoms with Crippen molar-refractivity contribution in [2.75, 3.05) is 31.4 Å². The molecule has 0 aliphatic carbocycles. The standard InChI is InChI=1S/C20H22N2O4S/c1-13(15-10-14(25-2)8-9-17(15)26-3)21-19(23)11-22-16-6-4-5-7-18(16)27-12-20(22)24/h4-10,13H,11-12H2,1-3H3,(H,21,23)/t13-/m1/s1. The highest BCUT2D eigenvalue weighted by Gasteiger charge is 2.27. The maximum atomic E-state index is 12.6. The molecule has 1 aliphatic rings. The Kier molecular flexibility index (Phi) is 5.91. The van der Waals surface area contributed by atoms with Crippen LogP contribution in [0.1, 0.15) is 18.5 Å². The Hall–Kier alpha value is -2.67. The molecule has 6 nitrogen and oxygen atoms in total. The van der Waals surface area contributed by atoms with Crippen LogP contribution in [0, 0.1) is 0 Å². The Morgan fingerprint density at radius 2 is 2.00 bits per heavy atom. The third kappa shape index (κ3) is 4.19. The largest absolute Gasteiger partial charge is 0.497 e. The van der Waals surface area contributed by atoms with Crippen molar-refractivity contribution in [3.8, 4) is 11.5 Å². The van der Waals surface area contributed by atoms with Crippen LogP contribution in [-0.4, -0.2) is 38.3 Å². The van der Waals surface area contributed by atoms with E-state index in [1.165, 1.54) is 16.7 Å². The van der Waals surface area contributed by atoms with Crippen molar-refractivity contribution in [3.05, 3.63) is 48.0 Å². The average Bonchev–Trinajstić information content (AvgIpc) is 2.69. The van der Waals surface area contributed by atoms with Gasteiger partial charge in [-0.3, -0.25) is 9.59 Å². The number of ether oxygens (including phenoxy) is 2. The average molecular weight is 386 g/mol. The van der Waals surface area contributed by atoms with E-state index in [-0.39, 0.29) is 24.4 Å². The molecule has 0 fully saturated rings. The van der Waals surface area contributed by atoms with E-state index in [4.69, 9.17) is 9.47 Å². The summed E-state index contributed by atoms with van der Waals surface area (Å²) in [5.74, 6) is 1.38. The third-order valence-corrected chi connectivity index (χ3v) is 5.44. The molecule has 27 heavy (non-hydrogen) atoms. The Morgan fingerprint density at radius 1 is 1.22 bits per heavy atom. The number of anilines is 1. The lowest BCUT2D eigenvalue weighted by molar-refractivity contribution is -0.123. The van der Waals surface area contributed by atoms with Gasteiger partial charge in [0.15, 0.2) is 0 Å². The van der Waals surface area contributed by atoms with E-state index in [1.54, 1.807) is 26.4 Å². The molecule has 1 N–H and O–H groups in total. The summed E-state index contributed by atoms with van der Waals surface area (Å²) < 4.78 is 10.6. The smallest absolute Gasteiger partial charge is 0.240 e. The Balaban J connectivity index is 1.74. The van der Waals surface area contributed by atoms with Crippen LogP contribution in [-0.2, 0) is 9.59 Å². The van der Waals surface area contributed by atoms with Crippen molar-refractivity contribution in [1.29, 1.82) is 0 Å².